The minimum atomic E-state index is 0.342. The molecular weight excluding hydrogens is 373 g/mol. The van der Waals surface area contributed by atoms with Crippen LogP contribution in [-0.2, 0) is 15.9 Å². The Morgan fingerprint density at radius 1 is 1.19 bits per heavy atom. The van der Waals surface area contributed by atoms with Crippen molar-refractivity contribution >= 4 is 29.2 Å². The number of aliphatic imine (C=N–C) groups is 1. The number of piperidine rings is 1. The minimum absolute atomic E-state index is 0.342. The molecule has 146 valence electrons. The van der Waals surface area contributed by atoms with Gasteiger partial charge in [0.15, 0.2) is 5.96 Å². The number of ether oxygens (including phenoxy) is 2. The first-order valence-electron chi connectivity index (χ1n) is 9.13. The SMILES string of the molecule is CN=C(NCCc1cc(Cl)cc(Cl)c1)N1CCC(OCCCOC)CC1. The Balaban J connectivity index is 1.70. The predicted octanol–water partition coefficient (Wildman–Crippen LogP) is 3.63. The standard InChI is InChI=1S/C19H29Cl2N3O2/c1-22-19(23-7-4-15-12-16(20)14-17(21)13-15)24-8-5-18(6-9-24)26-11-3-10-25-2/h12-14,18H,3-11H2,1-2H3,(H,22,23). The van der Waals surface area contributed by atoms with Crippen LogP contribution >= 0.6 is 23.2 Å². The predicted molar refractivity (Wildman–Crippen MR) is 109 cm³/mol. The summed E-state index contributed by atoms with van der Waals surface area (Å²) < 4.78 is 11.0. The lowest BCUT2D eigenvalue weighted by atomic mass is 10.1. The second kappa shape index (κ2) is 11.7. The normalized spacial score (nSPS) is 16.2. The first kappa shape index (κ1) is 21.3. The summed E-state index contributed by atoms with van der Waals surface area (Å²) in [4.78, 5) is 6.70. The van der Waals surface area contributed by atoms with Crippen LogP contribution in [0.5, 0.6) is 0 Å². The molecule has 7 heteroatoms. The van der Waals surface area contributed by atoms with Crippen molar-refractivity contribution < 1.29 is 9.47 Å². The maximum atomic E-state index is 6.05. The van der Waals surface area contributed by atoms with Gasteiger partial charge < -0.3 is 19.7 Å². The third-order valence-electron chi connectivity index (χ3n) is 4.42. The van der Waals surface area contributed by atoms with E-state index in [1.165, 1.54) is 0 Å². The van der Waals surface area contributed by atoms with E-state index < -0.39 is 0 Å². The molecule has 5 nitrogen and oxygen atoms in total. The van der Waals surface area contributed by atoms with Gasteiger partial charge in [0.1, 0.15) is 0 Å². The Kier molecular flexibility index (Phi) is 9.54. The van der Waals surface area contributed by atoms with E-state index in [-0.39, 0.29) is 0 Å². The fourth-order valence-electron chi connectivity index (χ4n) is 3.09. The first-order chi connectivity index (χ1) is 12.6. The van der Waals surface area contributed by atoms with E-state index in [0.29, 0.717) is 16.1 Å². The van der Waals surface area contributed by atoms with Crippen LogP contribution in [0.25, 0.3) is 0 Å². The van der Waals surface area contributed by atoms with E-state index in [4.69, 9.17) is 32.7 Å². The average molecular weight is 402 g/mol. The van der Waals surface area contributed by atoms with Crippen LogP contribution in [0.4, 0.5) is 0 Å². The van der Waals surface area contributed by atoms with Gasteiger partial charge in [-0.2, -0.15) is 0 Å². The van der Waals surface area contributed by atoms with Gasteiger partial charge in [0, 0.05) is 57.1 Å². The average Bonchev–Trinajstić information content (AvgIpc) is 2.62. The number of likely N-dealkylation sites (tertiary alicyclic amines) is 1. The number of benzene rings is 1. The molecule has 1 aliphatic rings. The van der Waals surface area contributed by atoms with E-state index in [1.54, 1.807) is 13.2 Å². The van der Waals surface area contributed by atoms with E-state index in [1.807, 2.05) is 19.2 Å². The number of halogens is 2. The summed E-state index contributed by atoms with van der Waals surface area (Å²) in [5, 5.41) is 4.78. The smallest absolute Gasteiger partial charge is 0.193 e. The van der Waals surface area contributed by atoms with Gasteiger partial charge in [-0.1, -0.05) is 23.2 Å². The number of rotatable bonds is 8. The molecule has 2 rings (SSSR count). The molecule has 0 atom stereocenters. The molecule has 26 heavy (non-hydrogen) atoms. The Morgan fingerprint density at radius 2 is 1.88 bits per heavy atom. The van der Waals surface area contributed by atoms with Crippen molar-refractivity contribution in [2.45, 2.75) is 31.8 Å². The zero-order valence-corrected chi connectivity index (χ0v) is 17.2. The molecule has 1 fully saturated rings. The molecule has 1 heterocycles. The highest BCUT2D eigenvalue weighted by Crippen LogP contribution is 2.19. The van der Waals surface area contributed by atoms with Crippen LogP contribution in [0.1, 0.15) is 24.8 Å². The summed E-state index contributed by atoms with van der Waals surface area (Å²) in [5.74, 6) is 0.941. The Hall–Kier alpha value is -1.01. The molecule has 0 aliphatic carbocycles. The lowest BCUT2D eigenvalue weighted by molar-refractivity contribution is 0.00992. The molecule has 0 aromatic heterocycles. The van der Waals surface area contributed by atoms with Crippen LogP contribution in [0.3, 0.4) is 0 Å². The zero-order valence-electron chi connectivity index (χ0n) is 15.6. The number of nitrogens with zero attached hydrogens (tertiary/aromatic N) is 2. The van der Waals surface area contributed by atoms with Crippen LogP contribution in [0.15, 0.2) is 23.2 Å². The van der Waals surface area contributed by atoms with Crippen LogP contribution in [0, 0.1) is 0 Å². The van der Waals surface area contributed by atoms with Crippen molar-refractivity contribution in [1.29, 1.82) is 0 Å². The fourth-order valence-corrected chi connectivity index (χ4v) is 3.66. The highest BCUT2D eigenvalue weighted by Gasteiger charge is 2.21. The topological polar surface area (TPSA) is 46.1 Å². The second-order valence-corrected chi connectivity index (χ2v) is 7.28. The second-order valence-electron chi connectivity index (χ2n) is 6.41. The molecule has 0 radical (unpaired) electrons. The minimum Gasteiger partial charge on any atom is -0.385 e. The van der Waals surface area contributed by atoms with E-state index >= 15 is 0 Å². The molecule has 1 aromatic rings. The molecule has 0 amide bonds. The maximum absolute atomic E-state index is 6.05. The molecule has 1 aromatic carbocycles. The molecule has 1 N–H and O–H groups in total. The summed E-state index contributed by atoms with van der Waals surface area (Å²) in [6.45, 7) is 4.23. The quantitative estimate of drug-likeness (QED) is 0.410. The number of hydrogen-bond donors (Lipinski definition) is 1. The third kappa shape index (κ3) is 7.31. The summed E-state index contributed by atoms with van der Waals surface area (Å²) >= 11 is 12.1. The molecular formula is C19H29Cl2N3O2. The maximum Gasteiger partial charge on any atom is 0.193 e. The van der Waals surface area contributed by atoms with Crippen molar-refractivity contribution in [1.82, 2.24) is 10.2 Å². The van der Waals surface area contributed by atoms with Crippen LogP contribution in [0.2, 0.25) is 10.0 Å². The lowest BCUT2D eigenvalue weighted by Crippen LogP contribution is -2.47. The van der Waals surface area contributed by atoms with Gasteiger partial charge in [0.2, 0.25) is 0 Å². The molecule has 1 saturated heterocycles. The van der Waals surface area contributed by atoms with Gasteiger partial charge in [-0.25, -0.2) is 0 Å². The Bertz CT molecular complexity index is 556. The van der Waals surface area contributed by atoms with Gasteiger partial charge >= 0.3 is 0 Å². The third-order valence-corrected chi connectivity index (χ3v) is 4.86. The molecule has 1 aliphatic heterocycles. The summed E-state index contributed by atoms with van der Waals surface area (Å²) in [6, 6.07) is 5.65. The van der Waals surface area contributed by atoms with E-state index in [9.17, 15) is 0 Å². The van der Waals surface area contributed by atoms with E-state index in [0.717, 1.165) is 70.1 Å². The summed E-state index contributed by atoms with van der Waals surface area (Å²) in [6.07, 6.45) is 4.19. The van der Waals surface area contributed by atoms with Crippen molar-refractivity contribution in [2.75, 3.05) is 47.0 Å². The van der Waals surface area contributed by atoms with Gasteiger partial charge in [0.05, 0.1) is 6.10 Å². The molecule has 0 saturated carbocycles. The van der Waals surface area contributed by atoms with Gasteiger partial charge in [-0.3, -0.25) is 4.99 Å². The molecule has 0 bridgehead atoms. The monoisotopic (exact) mass is 401 g/mol. The first-order valence-corrected chi connectivity index (χ1v) is 9.89. The number of hydrogen-bond acceptors (Lipinski definition) is 3. The zero-order chi connectivity index (χ0) is 18.8. The Labute approximate surface area is 166 Å². The van der Waals surface area contributed by atoms with E-state index in [2.05, 4.69) is 15.2 Å². The summed E-state index contributed by atoms with van der Waals surface area (Å²) in [7, 11) is 3.55. The van der Waals surface area contributed by atoms with Crippen LogP contribution in [-0.4, -0.2) is 64.0 Å². The number of nitrogens with one attached hydrogen (secondary N) is 1. The highest BCUT2D eigenvalue weighted by molar-refractivity contribution is 6.34. The molecule has 0 spiro atoms. The highest BCUT2D eigenvalue weighted by atomic mass is 35.5. The number of guanidine groups is 1. The fraction of sp³-hybridized carbons (Fsp3) is 0.632. The van der Waals surface area contributed by atoms with Crippen LogP contribution < -0.4 is 5.32 Å². The Morgan fingerprint density at radius 3 is 2.50 bits per heavy atom. The number of methoxy groups -OCH3 is 1. The lowest BCUT2D eigenvalue weighted by Gasteiger charge is -2.34. The van der Waals surface area contributed by atoms with Crippen molar-refractivity contribution in [3.05, 3.63) is 33.8 Å². The largest absolute Gasteiger partial charge is 0.385 e. The van der Waals surface area contributed by atoms with Gasteiger partial charge in [-0.15, -0.1) is 0 Å². The van der Waals surface area contributed by atoms with Crippen molar-refractivity contribution in [3.63, 3.8) is 0 Å². The van der Waals surface area contributed by atoms with Gasteiger partial charge in [0.25, 0.3) is 0 Å². The van der Waals surface area contributed by atoms with Gasteiger partial charge in [-0.05, 0) is 49.4 Å². The summed E-state index contributed by atoms with van der Waals surface area (Å²) in [5.41, 5.74) is 1.12. The molecule has 0 unspecified atom stereocenters. The van der Waals surface area contributed by atoms with Crippen molar-refractivity contribution in [2.24, 2.45) is 4.99 Å². The van der Waals surface area contributed by atoms with Crippen molar-refractivity contribution in [3.8, 4) is 0 Å².